The number of nitrogens with one attached hydrogen (secondary N) is 1. The van der Waals surface area contributed by atoms with Gasteiger partial charge in [-0.3, -0.25) is 4.98 Å². The Balaban J connectivity index is 1.78. The Bertz CT molecular complexity index is 1030. The number of rotatable bonds is 8. The van der Waals surface area contributed by atoms with E-state index in [0.717, 1.165) is 0 Å². The van der Waals surface area contributed by atoms with Crippen LogP contribution in [0, 0.1) is 5.82 Å². The number of carboxylic acid groups (broad SMARTS) is 1. The molecule has 0 saturated heterocycles. The fourth-order valence-electron chi connectivity index (χ4n) is 3.38. The third-order valence-corrected chi connectivity index (χ3v) is 4.79. The summed E-state index contributed by atoms with van der Waals surface area (Å²) in [6.45, 7) is 3.39. The van der Waals surface area contributed by atoms with Crippen molar-refractivity contribution < 1.29 is 18.7 Å². The lowest BCUT2D eigenvalue weighted by Crippen LogP contribution is -2.35. The molecule has 0 spiro atoms. The lowest BCUT2D eigenvalue weighted by Gasteiger charge is -2.30. The molecule has 0 fully saturated rings. The molecule has 0 bridgehead atoms. The lowest BCUT2D eigenvalue weighted by molar-refractivity contribution is 0.0697. The molecule has 0 aliphatic carbocycles. The molecular formula is C22H22F2N4O2. The summed E-state index contributed by atoms with van der Waals surface area (Å²) in [4.78, 5) is 15.3. The largest absolute Gasteiger partial charge is 0.478 e. The number of anilines is 1. The number of pyridine rings is 1. The topological polar surface area (TPSA) is 88.0 Å². The highest BCUT2D eigenvalue weighted by Crippen LogP contribution is 2.31. The summed E-state index contributed by atoms with van der Waals surface area (Å²) < 4.78 is 28.1. The lowest BCUT2D eigenvalue weighted by atomic mass is 9.81. The van der Waals surface area contributed by atoms with Gasteiger partial charge in [-0.1, -0.05) is 19.1 Å². The van der Waals surface area contributed by atoms with Crippen molar-refractivity contribution in [3.8, 4) is 11.3 Å². The number of hydrogen-bond acceptors (Lipinski definition) is 5. The molecule has 6 nitrogen and oxygen atoms in total. The van der Waals surface area contributed by atoms with Crippen LogP contribution in [0.5, 0.6) is 0 Å². The molecule has 30 heavy (non-hydrogen) atoms. The Kier molecular flexibility index (Phi) is 6.34. The van der Waals surface area contributed by atoms with Gasteiger partial charge in [-0.05, 0) is 49.7 Å². The molecule has 0 saturated carbocycles. The molecule has 0 aliphatic heterocycles. The van der Waals surface area contributed by atoms with Gasteiger partial charge in [0.05, 0.1) is 23.1 Å². The Hall–Kier alpha value is -3.42. The first-order chi connectivity index (χ1) is 14.3. The predicted octanol–water partition coefficient (Wildman–Crippen LogP) is 4.49. The van der Waals surface area contributed by atoms with Crippen LogP contribution in [0.25, 0.3) is 11.3 Å². The highest BCUT2D eigenvalue weighted by Gasteiger charge is 2.33. The highest BCUT2D eigenvalue weighted by molar-refractivity contribution is 5.89. The standard InChI is InChI=1S/C22H22F2N4O2/c1-14(23)12-22(2,20-17(24)7-4-10-25-20)13-26-19-9-8-18(27-28-19)15-5-3-6-16(11-15)21(29)30/h3-11,14H,12-13H2,1-2H3,(H,26,28)(H,29,30)/t14-,22-/m0/s1. The summed E-state index contributed by atoms with van der Waals surface area (Å²) in [6.07, 6.45) is 0.425. The van der Waals surface area contributed by atoms with E-state index in [1.165, 1.54) is 37.4 Å². The molecule has 0 aliphatic rings. The van der Waals surface area contributed by atoms with E-state index >= 15 is 0 Å². The third-order valence-electron chi connectivity index (χ3n) is 4.79. The van der Waals surface area contributed by atoms with Crippen LogP contribution in [0.15, 0.2) is 54.7 Å². The van der Waals surface area contributed by atoms with E-state index in [1.54, 1.807) is 31.2 Å². The Morgan fingerprint density at radius 1 is 1.20 bits per heavy atom. The minimum Gasteiger partial charge on any atom is -0.478 e. The Morgan fingerprint density at radius 3 is 2.63 bits per heavy atom. The van der Waals surface area contributed by atoms with Crippen LogP contribution in [0.4, 0.5) is 14.6 Å². The second-order valence-corrected chi connectivity index (χ2v) is 7.42. The maximum atomic E-state index is 14.3. The van der Waals surface area contributed by atoms with Crippen molar-refractivity contribution in [2.75, 3.05) is 11.9 Å². The first kappa shape index (κ1) is 21.3. The second kappa shape index (κ2) is 8.94. The van der Waals surface area contributed by atoms with Crippen molar-refractivity contribution >= 4 is 11.8 Å². The van der Waals surface area contributed by atoms with Gasteiger partial charge in [0.2, 0.25) is 0 Å². The first-order valence-electron chi connectivity index (χ1n) is 9.45. The molecule has 2 aromatic heterocycles. The first-order valence-corrected chi connectivity index (χ1v) is 9.45. The average Bonchev–Trinajstić information content (AvgIpc) is 2.72. The van der Waals surface area contributed by atoms with Gasteiger partial charge >= 0.3 is 5.97 Å². The van der Waals surface area contributed by atoms with Crippen molar-refractivity contribution in [1.82, 2.24) is 15.2 Å². The van der Waals surface area contributed by atoms with Crippen LogP contribution in [-0.2, 0) is 5.41 Å². The molecule has 3 rings (SSSR count). The van der Waals surface area contributed by atoms with Crippen LogP contribution in [0.1, 0.15) is 36.3 Å². The molecule has 156 valence electrons. The SMILES string of the molecule is C[C@H](F)C[C@@](C)(CNc1ccc(-c2cccc(C(=O)O)c2)nn1)c1ncccc1F. The molecular weight excluding hydrogens is 390 g/mol. The fourth-order valence-corrected chi connectivity index (χ4v) is 3.38. The summed E-state index contributed by atoms with van der Waals surface area (Å²) in [5.41, 5.74) is 0.595. The number of benzene rings is 1. The Labute approximate surface area is 173 Å². The van der Waals surface area contributed by atoms with Crippen LogP contribution < -0.4 is 5.32 Å². The Morgan fingerprint density at radius 2 is 2.00 bits per heavy atom. The fraction of sp³-hybridized carbons (Fsp3) is 0.273. The van der Waals surface area contributed by atoms with Gasteiger partial charge < -0.3 is 10.4 Å². The minimum atomic E-state index is -1.15. The quantitative estimate of drug-likeness (QED) is 0.567. The molecule has 2 heterocycles. The maximum absolute atomic E-state index is 14.3. The van der Waals surface area contributed by atoms with Crippen molar-refractivity contribution in [2.45, 2.75) is 31.9 Å². The van der Waals surface area contributed by atoms with Gasteiger partial charge in [0.25, 0.3) is 0 Å². The van der Waals surface area contributed by atoms with Gasteiger partial charge in [0.15, 0.2) is 0 Å². The number of halogens is 2. The number of hydrogen-bond donors (Lipinski definition) is 2. The van der Waals surface area contributed by atoms with E-state index in [1.807, 2.05) is 0 Å². The number of alkyl halides is 1. The minimum absolute atomic E-state index is 0.0847. The molecule has 0 unspecified atom stereocenters. The summed E-state index contributed by atoms with van der Waals surface area (Å²) in [5, 5.41) is 20.4. The van der Waals surface area contributed by atoms with E-state index in [2.05, 4.69) is 20.5 Å². The molecule has 0 radical (unpaired) electrons. The van der Waals surface area contributed by atoms with Gasteiger partial charge in [-0.2, -0.15) is 0 Å². The molecule has 0 amide bonds. The summed E-state index contributed by atoms with van der Waals surface area (Å²) in [6, 6.07) is 12.6. The molecule has 8 heteroatoms. The third kappa shape index (κ3) is 4.94. The van der Waals surface area contributed by atoms with E-state index in [4.69, 9.17) is 5.11 Å². The number of aromatic carboxylic acids is 1. The van der Waals surface area contributed by atoms with Gasteiger partial charge in [-0.25, -0.2) is 13.6 Å². The van der Waals surface area contributed by atoms with E-state index in [-0.39, 0.29) is 24.2 Å². The number of carboxylic acids is 1. The van der Waals surface area contributed by atoms with Crippen molar-refractivity contribution in [2.24, 2.45) is 0 Å². The second-order valence-electron chi connectivity index (χ2n) is 7.42. The molecule has 2 N–H and O–H groups in total. The van der Waals surface area contributed by atoms with Crippen LogP contribution in [0.2, 0.25) is 0 Å². The zero-order chi connectivity index (χ0) is 21.7. The summed E-state index contributed by atoms with van der Waals surface area (Å²) >= 11 is 0. The smallest absolute Gasteiger partial charge is 0.335 e. The number of carbonyl (C=O) groups is 1. The number of nitrogens with zero attached hydrogens (tertiary/aromatic N) is 3. The normalized spacial score (nSPS) is 14.0. The average molecular weight is 412 g/mol. The zero-order valence-corrected chi connectivity index (χ0v) is 16.6. The van der Waals surface area contributed by atoms with Crippen LogP contribution >= 0.6 is 0 Å². The van der Waals surface area contributed by atoms with Crippen LogP contribution in [0.3, 0.4) is 0 Å². The van der Waals surface area contributed by atoms with Crippen molar-refractivity contribution in [1.29, 1.82) is 0 Å². The zero-order valence-electron chi connectivity index (χ0n) is 16.6. The number of aromatic nitrogens is 3. The molecule has 1 aromatic carbocycles. The van der Waals surface area contributed by atoms with Crippen LogP contribution in [-0.4, -0.2) is 39.0 Å². The van der Waals surface area contributed by atoms with Crippen molar-refractivity contribution in [3.05, 3.63) is 71.8 Å². The molecule has 3 aromatic rings. The van der Waals surface area contributed by atoms with Gasteiger partial charge in [-0.15, -0.1) is 10.2 Å². The predicted molar refractivity (Wildman–Crippen MR) is 110 cm³/mol. The molecule has 2 atom stereocenters. The van der Waals surface area contributed by atoms with Gasteiger partial charge in [0.1, 0.15) is 11.6 Å². The monoisotopic (exact) mass is 412 g/mol. The van der Waals surface area contributed by atoms with E-state index < -0.39 is 23.4 Å². The van der Waals surface area contributed by atoms with E-state index in [0.29, 0.717) is 17.1 Å². The van der Waals surface area contributed by atoms with Crippen molar-refractivity contribution in [3.63, 3.8) is 0 Å². The summed E-state index contributed by atoms with van der Waals surface area (Å²) in [7, 11) is 0. The van der Waals surface area contributed by atoms with E-state index in [9.17, 15) is 13.6 Å². The highest BCUT2D eigenvalue weighted by atomic mass is 19.1. The summed E-state index contributed by atoms with van der Waals surface area (Å²) in [5.74, 6) is -1.07. The maximum Gasteiger partial charge on any atom is 0.335 e. The van der Waals surface area contributed by atoms with Gasteiger partial charge in [0, 0.05) is 23.7 Å².